The molecule has 0 radical (unpaired) electrons. The first-order chi connectivity index (χ1) is 10.1. The Morgan fingerprint density at radius 2 is 1.62 bits per heavy atom. The first kappa shape index (κ1) is 13.5. The fraction of sp³-hybridized carbons (Fsp3) is 0.0667. The second-order valence-electron chi connectivity index (χ2n) is 4.67. The van der Waals surface area contributed by atoms with Crippen LogP contribution in [0.1, 0.15) is 11.1 Å². The predicted molar refractivity (Wildman–Crippen MR) is 85.1 cm³/mol. The molecule has 5 nitrogen and oxygen atoms in total. The fourth-order valence-corrected chi connectivity index (χ4v) is 2.73. The van der Waals surface area contributed by atoms with E-state index in [1.807, 2.05) is 48.5 Å². The van der Waals surface area contributed by atoms with E-state index in [0.29, 0.717) is 10.9 Å². The van der Waals surface area contributed by atoms with Gasteiger partial charge in [0.15, 0.2) is 5.54 Å². The van der Waals surface area contributed by atoms with Crippen LogP contribution in [-0.4, -0.2) is 11.8 Å². The molecule has 106 valence electrons. The number of nitrogens with two attached hydrogens (primary N) is 2. The van der Waals surface area contributed by atoms with Gasteiger partial charge in [0.1, 0.15) is 5.84 Å². The summed E-state index contributed by atoms with van der Waals surface area (Å²) in [6.45, 7) is 0. The largest absolute Gasteiger partial charge is 0.384 e. The lowest BCUT2D eigenvalue weighted by atomic mass is 9.82. The van der Waals surface area contributed by atoms with Crippen molar-refractivity contribution in [2.24, 2.45) is 21.6 Å². The van der Waals surface area contributed by atoms with Gasteiger partial charge in [-0.15, -0.1) is 5.10 Å². The molecule has 5 N–H and O–H groups in total. The summed E-state index contributed by atoms with van der Waals surface area (Å²) >= 11 is 6.37. The van der Waals surface area contributed by atoms with E-state index in [1.54, 1.807) is 6.07 Å². The monoisotopic (exact) mass is 299 g/mol. The zero-order chi connectivity index (χ0) is 14.9. The Kier molecular flexibility index (Phi) is 3.27. The highest BCUT2D eigenvalue weighted by Gasteiger charge is 2.42. The molecule has 1 atom stereocenters. The van der Waals surface area contributed by atoms with E-state index in [1.165, 1.54) is 0 Å². The van der Waals surface area contributed by atoms with E-state index >= 15 is 0 Å². The summed E-state index contributed by atoms with van der Waals surface area (Å²) in [5.74, 6) is 0.389. The molecule has 0 bridgehead atoms. The Balaban J connectivity index is 2.28. The second-order valence-corrected chi connectivity index (χ2v) is 5.08. The molecular weight excluding hydrogens is 286 g/mol. The summed E-state index contributed by atoms with van der Waals surface area (Å²) in [7, 11) is 0. The van der Waals surface area contributed by atoms with Gasteiger partial charge in [-0.3, -0.25) is 5.43 Å². The normalized spacial score (nSPS) is 21.2. The number of guanidine groups is 1. The van der Waals surface area contributed by atoms with Crippen LogP contribution in [0.5, 0.6) is 0 Å². The molecule has 0 saturated carbocycles. The summed E-state index contributed by atoms with van der Waals surface area (Å²) in [6, 6.07) is 17.1. The maximum absolute atomic E-state index is 6.37. The molecule has 1 heterocycles. The molecule has 0 spiro atoms. The number of rotatable bonds is 2. The minimum atomic E-state index is -0.928. The number of hydrazone groups is 1. The number of halogens is 1. The van der Waals surface area contributed by atoms with E-state index in [2.05, 4.69) is 15.5 Å². The van der Waals surface area contributed by atoms with E-state index in [0.717, 1.165) is 11.1 Å². The van der Waals surface area contributed by atoms with Crippen molar-refractivity contribution in [2.75, 3.05) is 0 Å². The van der Waals surface area contributed by atoms with Crippen LogP contribution in [0.25, 0.3) is 0 Å². The Bertz CT molecular complexity index is 726. The fourth-order valence-electron chi connectivity index (χ4n) is 2.45. The SMILES string of the molecule is NC1=NNC(c2ccccc2)(c2ccccc2Cl)C(N)=N1. The molecule has 0 saturated heterocycles. The Morgan fingerprint density at radius 3 is 2.29 bits per heavy atom. The first-order valence-corrected chi connectivity index (χ1v) is 6.78. The highest BCUT2D eigenvalue weighted by Crippen LogP contribution is 2.35. The van der Waals surface area contributed by atoms with Gasteiger partial charge in [-0.2, -0.15) is 4.99 Å². The third-order valence-electron chi connectivity index (χ3n) is 3.44. The van der Waals surface area contributed by atoms with Crippen LogP contribution < -0.4 is 16.9 Å². The van der Waals surface area contributed by atoms with E-state index < -0.39 is 5.54 Å². The molecular formula is C15H14ClN5. The Morgan fingerprint density at radius 1 is 0.952 bits per heavy atom. The van der Waals surface area contributed by atoms with Crippen LogP contribution in [0.15, 0.2) is 64.7 Å². The van der Waals surface area contributed by atoms with Crippen LogP contribution in [0.4, 0.5) is 0 Å². The van der Waals surface area contributed by atoms with Gasteiger partial charge in [0, 0.05) is 10.6 Å². The van der Waals surface area contributed by atoms with Gasteiger partial charge in [0.2, 0.25) is 5.96 Å². The van der Waals surface area contributed by atoms with Crippen LogP contribution >= 0.6 is 11.6 Å². The third kappa shape index (κ3) is 2.11. The van der Waals surface area contributed by atoms with Gasteiger partial charge in [-0.25, -0.2) is 0 Å². The Labute approximate surface area is 127 Å². The minimum Gasteiger partial charge on any atom is -0.384 e. The molecule has 3 rings (SSSR count). The third-order valence-corrected chi connectivity index (χ3v) is 3.77. The van der Waals surface area contributed by atoms with Crippen molar-refractivity contribution in [3.63, 3.8) is 0 Å². The topological polar surface area (TPSA) is 88.8 Å². The first-order valence-electron chi connectivity index (χ1n) is 6.40. The number of hydrogen-bond acceptors (Lipinski definition) is 5. The standard InChI is InChI=1S/C15H14ClN5/c16-12-9-5-4-8-11(12)15(10-6-2-1-3-7-10)13(17)19-14(18)20-21-15/h1-9,21H,(H4,17,18,19,20). The molecule has 0 fully saturated rings. The summed E-state index contributed by atoms with van der Waals surface area (Å²) in [5, 5.41) is 4.62. The maximum Gasteiger partial charge on any atom is 0.239 e. The van der Waals surface area contributed by atoms with Gasteiger partial charge in [0.25, 0.3) is 0 Å². The molecule has 2 aromatic rings. The summed E-state index contributed by atoms with van der Waals surface area (Å²) < 4.78 is 0. The quantitative estimate of drug-likeness (QED) is 0.789. The van der Waals surface area contributed by atoms with E-state index in [-0.39, 0.29) is 5.96 Å². The maximum atomic E-state index is 6.37. The van der Waals surface area contributed by atoms with Crippen molar-refractivity contribution in [1.29, 1.82) is 0 Å². The molecule has 0 amide bonds. The Hall–Kier alpha value is -2.53. The van der Waals surface area contributed by atoms with Gasteiger partial charge >= 0.3 is 0 Å². The van der Waals surface area contributed by atoms with Crippen molar-refractivity contribution >= 4 is 23.4 Å². The average molecular weight is 300 g/mol. The molecule has 1 aliphatic rings. The van der Waals surface area contributed by atoms with Gasteiger partial charge in [-0.05, 0) is 11.6 Å². The van der Waals surface area contributed by atoms with E-state index in [9.17, 15) is 0 Å². The van der Waals surface area contributed by atoms with Gasteiger partial charge in [-0.1, -0.05) is 60.1 Å². The second kappa shape index (κ2) is 5.10. The van der Waals surface area contributed by atoms with Crippen LogP contribution in [0, 0.1) is 0 Å². The minimum absolute atomic E-state index is 0.0890. The van der Waals surface area contributed by atoms with Crippen molar-refractivity contribution in [3.8, 4) is 0 Å². The molecule has 6 heteroatoms. The lowest BCUT2D eigenvalue weighted by Gasteiger charge is -2.36. The predicted octanol–water partition coefficient (Wildman–Crippen LogP) is 1.77. The zero-order valence-corrected chi connectivity index (χ0v) is 11.9. The van der Waals surface area contributed by atoms with Crippen LogP contribution in [0.3, 0.4) is 0 Å². The smallest absolute Gasteiger partial charge is 0.239 e. The molecule has 1 unspecified atom stereocenters. The molecule has 1 aliphatic heterocycles. The molecule has 21 heavy (non-hydrogen) atoms. The molecule has 0 aromatic heterocycles. The van der Waals surface area contributed by atoms with Crippen molar-refractivity contribution in [2.45, 2.75) is 5.54 Å². The van der Waals surface area contributed by atoms with Crippen molar-refractivity contribution < 1.29 is 0 Å². The lowest BCUT2D eigenvalue weighted by molar-refractivity contribution is 0.530. The summed E-state index contributed by atoms with van der Waals surface area (Å²) in [5.41, 5.74) is 15.6. The number of amidine groups is 1. The zero-order valence-electron chi connectivity index (χ0n) is 11.1. The summed E-state index contributed by atoms with van der Waals surface area (Å²) in [6.07, 6.45) is 0. The van der Waals surface area contributed by atoms with Gasteiger partial charge in [0.05, 0.1) is 0 Å². The van der Waals surface area contributed by atoms with Crippen LogP contribution in [0.2, 0.25) is 5.02 Å². The molecule has 2 aromatic carbocycles. The number of aliphatic imine (C=N–C) groups is 1. The highest BCUT2D eigenvalue weighted by atomic mass is 35.5. The van der Waals surface area contributed by atoms with Gasteiger partial charge < -0.3 is 11.5 Å². The number of hydrogen-bond donors (Lipinski definition) is 3. The number of nitrogens with zero attached hydrogens (tertiary/aromatic N) is 2. The van der Waals surface area contributed by atoms with Crippen molar-refractivity contribution in [3.05, 3.63) is 70.7 Å². The van der Waals surface area contributed by atoms with Crippen LogP contribution in [-0.2, 0) is 5.54 Å². The highest BCUT2D eigenvalue weighted by molar-refractivity contribution is 6.32. The summed E-state index contributed by atoms with van der Waals surface area (Å²) in [4.78, 5) is 4.13. The molecule has 0 aliphatic carbocycles. The lowest BCUT2D eigenvalue weighted by Crippen LogP contribution is -2.55. The average Bonchev–Trinajstić information content (AvgIpc) is 2.50. The number of benzene rings is 2. The number of nitrogens with one attached hydrogen (secondary N) is 1. The van der Waals surface area contributed by atoms with Crippen molar-refractivity contribution in [1.82, 2.24) is 5.43 Å². The van der Waals surface area contributed by atoms with E-state index in [4.69, 9.17) is 23.1 Å².